The Morgan fingerprint density at radius 1 is 0.433 bits per heavy atom. The molecule has 3 aliphatic heterocycles. The third-order valence-corrected chi connectivity index (χ3v) is 31.0. The molecule has 120 heavy (non-hydrogen) atoms. The molecule has 0 aromatic carbocycles. The molecule has 19 fully saturated rings. The van der Waals surface area contributed by atoms with Crippen molar-refractivity contribution in [3.05, 3.63) is 72.9 Å². The van der Waals surface area contributed by atoms with Crippen LogP contribution in [0.1, 0.15) is 209 Å². The summed E-state index contributed by atoms with van der Waals surface area (Å²) in [5.74, 6) is -0.275. The molecule has 19 aliphatic rings. The Labute approximate surface area is 701 Å². The van der Waals surface area contributed by atoms with Crippen molar-refractivity contribution in [3.63, 3.8) is 0 Å². The lowest BCUT2D eigenvalue weighted by Crippen LogP contribution is -2.60. The zero-order valence-electron chi connectivity index (χ0n) is 70.1. The van der Waals surface area contributed by atoms with Crippen molar-refractivity contribution in [1.82, 2.24) is 0 Å². The van der Waals surface area contributed by atoms with Gasteiger partial charge in [0.25, 0.3) is 20.2 Å². The normalized spacial score (nSPS) is 36.8. The van der Waals surface area contributed by atoms with E-state index in [2.05, 4.69) is 55.9 Å². The molecular weight excluding hydrogens is 1610 g/mol. The minimum absolute atomic E-state index is 0.00284. The molecule has 13 atom stereocenters. The number of hydrogen-bond donors (Lipinski definition) is 1. The fourth-order valence-corrected chi connectivity index (χ4v) is 26.6. The summed E-state index contributed by atoms with van der Waals surface area (Å²) in [6, 6.07) is 0. The first-order chi connectivity index (χ1) is 56.3. The number of carbonyl (C=O) groups excluding carboxylic acids is 12. The van der Waals surface area contributed by atoms with E-state index in [1.807, 2.05) is 6.92 Å². The van der Waals surface area contributed by atoms with Gasteiger partial charge in [-0.3, -0.25) is 18.0 Å². The maximum atomic E-state index is 12.2. The van der Waals surface area contributed by atoms with Crippen LogP contribution < -0.4 is 0 Å². The number of esters is 12. The molecule has 31 nitrogen and oxygen atoms in total. The second kappa shape index (κ2) is 37.5. The maximum absolute atomic E-state index is 12.2. The summed E-state index contributed by atoms with van der Waals surface area (Å²) in [6.07, 6.45) is 18.2. The van der Waals surface area contributed by atoms with Gasteiger partial charge < -0.3 is 61.9 Å². The van der Waals surface area contributed by atoms with Gasteiger partial charge in [0, 0.05) is 70.0 Å². The van der Waals surface area contributed by atoms with Gasteiger partial charge >= 0.3 is 71.6 Å². The van der Waals surface area contributed by atoms with E-state index in [4.69, 9.17) is 55.7 Å². The molecule has 0 radical (unpaired) electrons. The standard InChI is InChI=1S/C19H26O6.C17H22O9S.C16H24O2.C14H20O3.C13H16O7S.C8H10O4/c1-11(2)18(22)24-9-16(20)23-10-17(21)25-19(3)14-5-12-4-13(7-14)8-15(19)6-12;1-9(2)17(20)24-6-5-23-13(18)3-4-14(19)25-15-10-7-11-12(8-10)27(21,22)26-16(11)15;1-4-16(18-15(17)10(2)3)13-6-11-5-12(8-13)9-14(16)7-11;1-9(2)12(15)17-14-6-10-3-11(7-14)5-13(16,4-10)8-14;1-6(2)13(15)18-5-10(14)19-11-7-3-8-9(4-7)21(16,17)20-12(8)11;1-5(2)7(9)12-6-3-4-11-8(6)10/h12-15H,1,4-10H2,2-3H3;10-12,15-16H,1,3-8H2,2H3;11-14H,2,4-9H2,1,3H3;10-11,16H,1,3-8H2,2H3;7-9,11-12H,1,3-5H2,2H3;6H,1,3-4H2,2H3. The van der Waals surface area contributed by atoms with Gasteiger partial charge in [-0.05, 0) is 236 Å². The number of ether oxygens (including phenoxy) is 12. The number of fused-ring (bicyclic) bond motifs is 2. The SMILES string of the molecule is C=C(C)C(=O)OC1(CC)C2CC3CC(C2)CC1C3.C=C(C)C(=O)OC12CC3CC(CC(O)(C3)C1)C2.C=C(C)C(=O)OC1CCOC1=O.C=C(C)C(=O)OCC(=O)OC1C2CC3C1OS(=O)(=O)C3C2.C=C(C)C(=O)OCC(=O)OCC(=O)OC1(C)C2CC3CC(C2)CC1C3.C=C(C)C(=O)OCCOC(=O)CCC(=O)OC1C2CC3C1OS(=O)(=O)C3C2. The zero-order valence-corrected chi connectivity index (χ0v) is 71.7. The zero-order chi connectivity index (χ0) is 87.6. The van der Waals surface area contributed by atoms with Crippen LogP contribution in [0.15, 0.2) is 72.9 Å². The molecule has 19 rings (SSSR count). The molecule has 3 heterocycles. The first kappa shape index (κ1) is 92.6. The predicted molar refractivity (Wildman–Crippen MR) is 422 cm³/mol. The van der Waals surface area contributed by atoms with E-state index in [1.54, 1.807) is 13.8 Å². The number of aliphatic hydroxyl groups is 1. The number of hydrogen-bond acceptors (Lipinski definition) is 31. The van der Waals surface area contributed by atoms with Crippen molar-refractivity contribution in [2.24, 2.45) is 82.9 Å². The molecule has 1 N–H and O–H groups in total. The first-order valence-electron chi connectivity index (χ1n) is 42.1. The van der Waals surface area contributed by atoms with Crippen molar-refractivity contribution < 1.29 is 145 Å². The maximum Gasteiger partial charge on any atom is 0.347 e. The Morgan fingerprint density at radius 3 is 1.28 bits per heavy atom. The fraction of sp³-hybridized carbons (Fsp3) is 0.724. The van der Waals surface area contributed by atoms with Crippen LogP contribution >= 0.6 is 0 Å². The predicted octanol–water partition coefficient (Wildman–Crippen LogP) is 9.36. The van der Waals surface area contributed by atoms with Crippen LogP contribution in [0.3, 0.4) is 0 Å². The van der Waals surface area contributed by atoms with Crippen LogP contribution in [-0.4, -0.2) is 197 Å². The molecule has 16 bridgehead atoms. The van der Waals surface area contributed by atoms with E-state index in [0.717, 1.165) is 81.5 Å². The largest absolute Gasteiger partial charge is 0.463 e. The van der Waals surface area contributed by atoms with Crippen LogP contribution in [0, 0.1) is 82.9 Å². The Hall–Kier alpha value is -8.14. The van der Waals surface area contributed by atoms with E-state index < -0.39 is 158 Å². The van der Waals surface area contributed by atoms with Crippen LogP contribution in [-0.2, 0) is 143 Å². The minimum Gasteiger partial charge on any atom is -0.463 e. The molecular formula is C87H118O31S2. The summed E-state index contributed by atoms with van der Waals surface area (Å²) in [5.41, 5.74) is 0.341. The van der Waals surface area contributed by atoms with E-state index >= 15 is 0 Å². The quantitative estimate of drug-likeness (QED) is 0.0292. The molecule has 0 amide bonds. The topological polar surface area (TPSA) is 423 Å². The lowest BCUT2D eigenvalue weighted by Gasteiger charge is -2.60. The molecule has 3 saturated heterocycles. The highest BCUT2D eigenvalue weighted by molar-refractivity contribution is 7.88. The van der Waals surface area contributed by atoms with E-state index in [9.17, 15) is 79.5 Å². The van der Waals surface area contributed by atoms with Gasteiger partial charge in [0.2, 0.25) is 6.10 Å². The second-order valence-electron chi connectivity index (χ2n) is 36.8. The van der Waals surface area contributed by atoms with Gasteiger partial charge in [0.1, 0.15) is 54.4 Å². The Bertz CT molecular complexity index is 4250. The van der Waals surface area contributed by atoms with Crippen molar-refractivity contribution in [2.45, 2.75) is 273 Å². The summed E-state index contributed by atoms with van der Waals surface area (Å²) in [5, 5.41) is 9.58. The number of cyclic esters (lactones) is 1. The third kappa shape index (κ3) is 21.4. The smallest absolute Gasteiger partial charge is 0.347 e. The van der Waals surface area contributed by atoms with Crippen LogP contribution in [0.2, 0.25) is 0 Å². The highest BCUT2D eigenvalue weighted by atomic mass is 32.2. The minimum atomic E-state index is -3.56. The Kier molecular flexibility index (Phi) is 28.9. The third-order valence-electron chi connectivity index (χ3n) is 27.4. The molecule has 33 heteroatoms. The molecule has 13 unspecified atom stereocenters. The molecule has 0 aromatic rings. The van der Waals surface area contributed by atoms with Crippen molar-refractivity contribution in [1.29, 1.82) is 0 Å². The molecule has 0 spiro atoms. The average molecular weight is 1720 g/mol. The Balaban J connectivity index is 0.000000143. The molecule has 664 valence electrons. The number of carbonyl (C=O) groups is 12. The van der Waals surface area contributed by atoms with Gasteiger partial charge in [0.05, 0.1) is 35.5 Å². The fourth-order valence-electron chi connectivity index (χ4n) is 22.8. The highest BCUT2D eigenvalue weighted by Gasteiger charge is 2.68. The van der Waals surface area contributed by atoms with Crippen LogP contribution in [0.25, 0.3) is 0 Å². The highest BCUT2D eigenvalue weighted by Crippen LogP contribution is 2.63. The van der Waals surface area contributed by atoms with Crippen molar-refractivity contribution in [2.75, 3.05) is 39.6 Å². The van der Waals surface area contributed by atoms with Crippen LogP contribution in [0.4, 0.5) is 0 Å². The summed E-state index contributed by atoms with van der Waals surface area (Å²) in [4.78, 5) is 138. The van der Waals surface area contributed by atoms with E-state index in [1.165, 1.54) is 72.6 Å². The van der Waals surface area contributed by atoms with Gasteiger partial charge in [-0.2, -0.15) is 16.8 Å². The summed E-state index contributed by atoms with van der Waals surface area (Å²) >= 11 is 0. The molecule has 16 saturated carbocycles. The van der Waals surface area contributed by atoms with Gasteiger partial charge in [-0.15, -0.1) is 0 Å². The Morgan fingerprint density at radius 2 is 0.842 bits per heavy atom. The van der Waals surface area contributed by atoms with Crippen molar-refractivity contribution >= 4 is 91.9 Å². The summed E-state index contributed by atoms with van der Waals surface area (Å²) < 4.78 is 119. The monoisotopic (exact) mass is 1720 g/mol. The summed E-state index contributed by atoms with van der Waals surface area (Å²) in [7, 11) is -7.08. The van der Waals surface area contributed by atoms with E-state index in [-0.39, 0.29) is 89.6 Å². The average Bonchev–Trinajstić information content (AvgIpc) is 1.64. The lowest BCUT2D eigenvalue weighted by atomic mass is 9.49. The second-order valence-corrected chi connectivity index (χ2v) is 40.4. The van der Waals surface area contributed by atoms with Gasteiger partial charge in [-0.25, -0.2) is 47.9 Å². The van der Waals surface area contributed by atoms with Crippen molar-refractivity contribution in [3.8, 4) is 0 Å². The van der Waals surface area contributed by atoms with Gasteiger partial charge in [-0.1, -0.05) is 46.4 Å². The van der Waals surface area contributed by atoms with E-state index in [0.29, 0.717) is 91.8 Å². The molecule has 0 aromatic heterocycles. The van der Waals surface area contributed by atoms with Crippen LogP contribution in [0.5, 0.6) is 0 Å². The van der Waals surface area contributed by atoms with Gasteiger partial charge in [0.15, 0.2) is 19.8 Å². The lowest BCUT2D eigenvalue weighted by molar-refractivity contribution is -0.217. The summed E-state index contributed by atoms with van der Waals surface area (Å²) in [6.45, 7) is 33.3. The molecule has 16 aliphatic carbocycles. The first-order valence-corrected chi connectivity index (χ1v) is 45.0. The number of rotatable bonds is 25.